The number of nitrogens with zero attached hydrogens (tertiary/aromatic N) is 6. The molecule has 0 aromatic carbocycles. The van der Waals surface area contributed by atoms with Gasteiger partial charge in [-0.15, -0.1) is 5.10 Å². The smallest absolute Gasteiger partial charge is 0.290 e. The molecule has 0 unspecified atom stereocenters. The number of Topliss-reactive ketones (excluding diaryl/α,β-unsaturated/α-hetero) is 1. The zero-order valence-electron chi connectivity index (χ0n) is 16.3. The lowest BCUT2D eigenvalue weighted by atomic mass is 10.0. The van der Waals surface area contributed by atoms with Crippen LogP contribution < -0.4 is 5.32 Å². The van der Waals surface area contributed by atoms with Crippen molar-refractivity contribution in [1.82, 2.24) is 34.6 Å². The van der Waals surface area contributed by atoms with Crippen molar-refractivity contribution in [3.05, 3.63) is 47.2 Å². The second-order valence-electron chi connectivity index (χ2n) is 6.91. The van der Waals surface area contributed by atoms with E-state index in [2.05, 4.69) is 20.5 Å². The number of rotatable bonds is 6. The first kappa shape index (κ1) is 18.8. The molecular weight excluding hydrogens is 374 g/mol. The minimum Gasteiger partial charge on any atom is -0.350 e. The molecule has 3 aromatic rings. The lowest BCUT2D eigenvalue weighted by molar-refractivity contribution is 0.0647. The quantitative estimate of drug-likeness (QED) is 0.608. The zero-order chi connectivity index (χ0) is 20.5. The van der Waals surface area contributed by atoms with E-state index in [0.717, 1.165) is 6.42 Å². The number of nitrogens with one attached hydrogen (secondary N) is 1. The van der Waals surface area contributed by atoms with Crippen LogP contribution in [0.1, 0.15) is 50.4 Å². The van der Waals surface area contributed by atoms with Gasteiger partial charge in [-0.2, -0.15) is 5.10 Å². The Morgan fingerprint density at radius 1 is 1.24 bits per heavy atom. The van der Waals surface area contributed by atoms with Gasteiger partial charge in [-0.25, -0.2) is 9.50 Å². The van der Waals surface area contributed by atoms with Gasteiger partial charge in [0.15, 0.2) is 11.4 Å². The van der Waals surface area contributed by atoms with Crippen LogP contribution in [0, 0.1) is 0 Å². The molecule has 10 nitrogen and oxygen atoms in total. The summed E-state index contributed by atoms with van der Waals surface area (Å²) in [5, 5.41) is 10.9. The van der Waals surface area contributed by atoms with E-state index >= 15 is 0 Å². The maximum absolute atomic E-state index is 12.9. The van der Waals surface area contributed by atoms with E-state index in [1.165, 1.54) is 15.4 Å². The molecule has 29 heavy (non-hydrogen) atoms. The van der Waals surface area contributed by atoms with Crippen LogP contribution in [0.3, 0.4) is 0 Å². The molecular formula is C19H21N7O3. The van der Waals surface area contributed by atoms with Crippen molar-refractivity contribution in [3.8, 4) is 0 Å². The number of ketones is 1. The molecule has 1 aliphatic heterocycles. The first-order valence-electron chi connectivity index (χ1n) is 9.46. The lowest BCUT2D eigenvalue weighted by Crippen LogP contribution is -2.42. The highest BCUT2D eigenvalue weighted by molar-refractivity contribution is 6.07. The first-order valence-corrected chi connectivity index (χ1v) is 9.46. The Bertz CT molecular complexity index is 1110. The Morgan fingerprint density at radius 2 is 2.03 bits per heavy atom. The van der Waals surface area contributed by atoms with Crippen LogP contribution >= 0.6 is 0 Å². The highest BCUT2D eigenvalue weighted by atomic mass is 16.2. The van der Waals surface area contributed by atoms with Crippen LogP contribution in [-0.2, 0) is 13.5 Å². The molecule has 3 aromatic heterocycles. The summed E-state index contributed by atoms with van der Waals surface area (Å²) < 4.78 is 2.93. The summed E-state index contributed by atoms with van der Waals surface area (Å²) in [6, 6.07) is 3.45. The maximum atomic E-state index is 12.9. The summed E-state index contributed by atoms with van der Waals surface area (Å²) in [4.78, 5) is 43.4. The molecule has 0 atom stereocenters. The number of fused-ring (bicyclic) bond motifs is 1. The van der Waals surface area contributed by atoms with E-state index in [1.807, 2.05) is 6.92 Å². The molecule has 1 N–H and O–H groups in total. The van der Waals surface area contributed by atoms with Crippen molar-refractivity contribution in [3.63, 3.8) is 0 Å². The van der Waals surface area contributed by atoms with Gasteiger partial charge in [0.25, 0.3) is 11.8 Å². The molecule has 10 heteroatoms. The molecule has 1 aliphatic rings. The average molecular weight is 395 g/mol. The molecule has 150 valence electrons. The number of hydrogen-bond donors (Lipinski definition) is 1. The summed E-state index contributed by atoms with van der Waals surface area (Å²) in [6.07, 6.45) is 4.17. The van der Waals surface area contributed by atoms with E-state index in [9.17, 15) is 14.4 Å². The topological polar surface area (TPSA) is 114 Å². The Labute approximate surface area is 166 Å². The minimum absolute atomic E-state index is 0.0735. The normalized spacial score (nSPS) is 13.4. The number of pyridine rings is 1. The molecule has 4 rings (SSSR count). The minimum atomic E-state index is -0.349. The predicted octanol–water partition coefficient (Wildman–Crippen LogP) is 0.484. The maximum Gasteiger partial charge on any atom is 0.290 e. The zero-order valence-corrected chi connectivity index (χ0v) is 16.3. The largest absolute Gasteiger partial charge is 0.350 e. The third-order valence-corrected chi connectivity index (χ3v) is 4.88. The van der Waals surface area contributed by atoms with E-state index in [1.54, 1.807) is 30.3 Å². The molecule has 4 heterocycles. The van der Waals surface area contributed by atoms with Gasteiger partial charge in [0.2, 0.25) is 5.82 Å². The monoisotopic (exact) mass is 395 g/mol. The van der Waals surface area contributed by atoms with Crippen LogP contribution in [-0.4, -0.2) is 66.5 Å². The van der Waals surface area contributed by atoms with Crippen molar-refractivity contribution in [2.24, 2.45) is 7.05 Å². The first-order chi connectivity index (χ1) is 14.0. The van der Waals surface area contributed by atoms with Crippen molar-refractivity contribution < 1.29 is 14.4 Å². The van der Waals surface area contributed by atoms with Crippen LogP contribution in [0.15, 0.2) is 24.5 Å². The average Bonchev–Trinajstić information content (AvgIpc) is 3.23. The number of likely N-dealkylation sites (tertiary alicyclic amines) is 1. The van der Waals surface area contributed by atoms with Gasteiger partial charge in [0.05, 0.1) is 11.8 Å². The lowest BCUT2D eigenvalue weighted by Gasteiger charge is -2.30. The Balaban J connectivity index is 1.57. The summed E-state index contributed by atoms with van der Waals surface area (Å²) in [5.74, 6) is -0.642. The molecule has 0 spiro atoms. The van der Waals surface area contributed by atoms with Crippen LogP contribution in [0.5, 0.6) is 0 Å². The van der Waals surface area contributed by atoms with Gasteiger partial charge in [0, 0.05) is 39.3 Å². The molecule has 0 aliphatic carbocycles. The van der Waals surface area contributed by atoms with Crippen molar-refractivity contribution in [2.45, 2.75) is 19.8 Å². The molecule has 0 saturated carbocycles. The molecule has 1 fully saturated rings. The Kier molecular flexibility index (Phi) is 4.83. The van der Waals surface area contributed by atoms with Crippen molar-refractivity contribution in [2.75, 3.05) is 19.6 Å². The second kappa shape index (κ2) is 7.46. The number of amides is 2. The van der Waals surface area contributed by atoms with Crippen molar-refractivity contribution >= 4 is 23.2 Å². The summed E-state index contributed by atoms with van der Waals surface area (Å²) in [6.45, 7) is 3.71. The second-order valence-corrected chi connectivity index (χ2v) is 6.91. The molecule has 0 bridgehead atoms. The number of carbonyl (C=O) groups excluding carboxylic acids is 3. The summed E-state index contributed by atoms with van der Waals surface area (Å²) in [5.41, 5.74) is 1.81. The van der Waals surface area contributed by atoms with Crippen LogP contribution in [0.2, 0.25) is 0 Å². The molecule has 1 saturated heterocycles. The van der Waals surface area contributed by atoms with Gasteiger partial charge in [0.1, 0.15) is 5.69 Å². The van der Waals surface area contributed by atoms with Crippen LogP contribution in [0.4, 0.5) is 0 Å². The molecule has 2 amide bonds. The van der Waals surface area contributed by atoms with E-state index in [0.29, 0.717) is 42.1 Å². The van der Waals surface area contributed by atoms with E-state index in [4.69, 9.17) is 0 Å². The highest BCUT2D eigenvalue weighted by Gasteiger charge is 2.28. The number of aromatic nitrogens is 5. The SMILES string of the molecule is CCNC(=O)c1nc2cc(CC(=O)c3c(C(=O)N4CCC4)cnn3C)ccn2n1. The number of aryl methyl sites for hydroxylation is 1. The summed E-state index contributed by atoms with van der Waals surface area (Å²) in [7, 11) is 1.65. The van der Waals surface area contributed by atoms with Crippen molar-refractivity contribution in [1.29, 1.82) is 0 Å². The third kappa shape index (κ3) is 3.48. The number of carbonyl (C=O) groups is 3. The number of hydrogen-bond acceptors (Lipinski definition) is 6. The standard InChI is InChI=1S/C19H21N7O3/c1-3-20-18(28)17-22-15-10-12(5-8-26(15)23-17)9-14(27)16-13(11-21-24(16)2)19(29)25-6-4-7-25/h5,8,10-11H,3-4,6-7,9H2,1-2H3,(H,20,28). The fraction of sp³-hybridized carbons (Fsp3) is 0.368. The van der Waals surface area contributed by atoms with Gasteiger partial charge < -0.3 is 10.2 Å². The van der Waals surface area contributed by atoms with Crippen LogP contribution in [0.25, 0.3) is 5.65 Å². The van der Waals surface area contributed by atoms with Gasteiger partial charge in [-0.1, -0.05) is 0 Å². The van der Waals surface area contributed by atoms with E-state index in [-0.39, 0.29) is 29.8 Å². The Hall–Kier alpha value is -3.56. The fourth-order valence-electron chi connectivity index (χ4n) is 3.25. The molecule has 0 radical (unpaired) electrons. The Morgan fingerprint density at radius 3 is 2.72 bits per heavy atom. The van der Waals surface area contributed by atoms with Gasteiger partial charge >= 0.3 is 0 Å². The third-order valence-electron chi connectivity index (χ3n) is 4.88. The van der Waals surface area contributed by atoms with E-state index < -0.39 is 0 Å². The highest BCUT2D eigenvalue weighted by Crippen LogP contribution is 2.18. The summed E-state index contributed by atoms with van der Waals surface area (Å²) >= 11 is 0. The van der Waals surface area contributed by atoms with Gasteiger partial charge in [-0.3, -0.25) is 19.1 Å². The van der Waals surface area contributed by atoms with Gasteiger partial charge in [-0.05, 0) is 31.0 Å². The fourth-order valence-corrected chi connectivity index (χ4v) is 3.25. The predicted molar refractivity (Wildman–Crippen MR) is 103 cm³/mol.